The van der Waals surface area contributed by atoms with E-state index >= 15 is 0 Å². The molecule has 0 aliphatic heterocycles. The monoisotopic (exact) mass is 255 g/mol. The van der Waals surface area contributed by atoms with Crippen molar-refractivity contribution in [2.75, 3.05) is 6.61 Å². The van der Waals surface area contributed by atoms with Crippen LogP contribution in [0.15, 0.2) is 12.1 Å². The van der Waals surface area contributed by atoms with Crippen LogP contribution in [0, 0.1) is 11.3 Å². The van der Waals surface area contributed by atoms with E-state index in [9.17, 15) is 13.6 Å². The average Bonchev–Trinajstić information content (AvgIpc) is 2.37. The Morgan fingerprint density at radius 2 is 2.22 bits per heavy atom. The van der Waals surface area contributed by atoms with Crippen molar-refractivity contribution in [1.82, 2.24) is 0 Å². The van der Waals surface area contributed by atoms with Crippen LogP contribution < -0.4 is 0 Å². The maximum Gasteiger partial charge on any atom is 0.338 e. The van der Waals surface area contributed by atoms with E-state index in [0.29, 0.717) is 0 Å². The zero-order valence-electron chi connectivity index (χ0n) is 9.61. The SMILES string of the molecule is CCOC(=O)c1cc(CO)c(C#N)c(C(F)F)c1. The van der Waals surface area contributed by atoms with Crippen molar-refractivity contribution >= 4 is 5.97 Å². The van der Waals surface area contributed by atoms with Gasteiger partial charge in [-0.05, 0) is 24.6 Å². The van der Waals surface area contributed by atoms with Crippen LogP contribution >= 0.6 is 0 Å². The number of hydrogen-bond donors (Lipinski definition) is 1. The number of hydrogen-bond acceptors (Lipinski definition) is 4. The molecule has 1 N–H and O–H groups in total. The fourth-order valence-corrected chi connectivity index (χ4v) is 1.49. The Kier molecular flexibility index (Phi) is 4.75. The molecule has 0 atom stereocenters. The molecule has 0 radical (unpaired) electrons. The number of aliphatic hydroxyl groups excluding tert-OH is 1. The Morgan fingerprint density at radius 3 is 2.67 bits per heavy atom. The number of ether oxygens (including phenoxy) is 1. The van der Waals surface area contributed by atoms with Crippen molar-refractivity contribution in [2.24, 2.45) is 0 Å². The number of carbonyl (C=O) groups excluding carboxylic acids is 1. The largest absolute Gasteiger partial charge is 0.462 e. The Bertz CT molecular complexity index is 495. The summed E-state index contributed by atoms with van der Waals surface area (Å²) in [5, 5.41) is 17.8. The third-order valence-corrected chi connectivity index (χ3v) is 2.28. The molecule has 96 valence electrons. The summed E-state index contributed by atoms with van der Waals surface area (Å²) in [6.07, 6.45) is -2.90. The van der Waals surface area contributed by atoms with Gasteiger partial charge >= 0.3 is 5.97 Å². The van der Waals surface area contributed by atoms with Gasteiger partial charge in [-0.1, -0.05) is 0 Å². The van der Waals surface area contributed by atoms with Gasteiger partial charge in [0.2, 0.25) is 0 Å². The van der Waals surface area contributed by atoms with Crippen LogP contribution in [-0.4, -0.2) is 17.7 Å². The standard InChI is InChI=1S/C12H11F2NO3/c1-2-18-12(17)7-3-8(6-16)10(5-15)9(4-7)11(13)14/h3-4,11,16H,2,6H2,1H3. The van der Waals surface area contributed by atoms with Crippen molar-refractivity contribution in [1.29, 1.82) is 5.26 Å². The molecule has 0 amide bonds. The molecule has 4 nitrogen and oxygen atoms in total. The lowest BCUT2D eigenvalue weighted by molar-refractivity contribution is 0.0525. The maximum absolute atomic E-state index is 12.8. The van der Waals surface area contributed by atoms with Crippen LogP contribution in [0.1, 0.15) is 40.4 Å². The van der Waals surface area contributed by atoms with E-state index in [1.165, 1.54) is 6.07 Å². The van der Waals surface area contributed by atoms with Gasteiger partial charge in [-0.3, -0.25) is 0 Å². The lowest BCUT2D eigenvalue weighted by Gasteiger charge is -2.10. The highest BCUT2D eigenvalue weighted by atomic mass is 19.3. The van der Waals surface area contributed by atoms with Gasteiger partial charge in [-0.25, -0.2) is 13.6 Å². The predicted molar refractivity (Wildman–Crippen MR) is 58.0 cm³/mol. The Labute approximate surface area is 102 Å². The maximum atomic E-state index is 12.8. The highest BCUT2D eigenvalue weighted by molar-refractivity contribution is 5.90. The molecule has 0 heterocycles. The zero-order chi connectivity index (χ0) is 13.7. The second-order valence-electron chi connectivity index (χ2n) is 3.39. The molecular weight excluding hydrogens is 244 g/mol. The highest BCUT2D eigenvalue weighted by Gasteiger charge is 2.20. The van der Waals surface area contributed by atoms with Crippen LogP contribution in [0.4, 0.5) is 8.78 Å². The van der Waals surface area contributed by atoms with E-state index in [1.807, 2.05) is 0 Å². The topological polar surface area (TPSA) is 70.3 Å². The van der Waals surface area contributed by atoms with Crippen LogP contribution in [-0.2, 0) is 11.3 Å². The fourth-order valence-electron chi connectivity index (χ4n) is 1.49. The number of aliphatic hydroxyl groups is 1. The van der Waals surface area contributed by atoms with E-state index in [0.717, 1.165) is 6.07 Å². The molecule has 6 heteroatoms. The smallest absolute Gasteiger partial charge is 0.338 e. The summed E-state index contributed by atoms with van der Waals surface area (Å²) in [7, 11) is 0. The lowest BCUT2D eigenvalue weighted by Crippen LogP contribution is -2.08. The van der Waals surface area contributed by atoms with Gasteiger partial charge < -0.3 is 9.84 Å². The van der Waals surface area contributed by atoms with Gasteiger partial charge in [0, 0.05) is 5.56 Å². The predicted octanol–water partition coefficient (Wildman–Crippen LogP) is 2.16. The second kappa shape index (κ2) is 6.07. The third kappa shape index (κ3) is 2.81. The molecule has 18 heavy (non-hydrogen) atoms. The average molecular weight is 255 g/mol. The summed E-state index contributed by atoms with van der Waals surface area (Å²) in [5.74, 6) is -0.765. The Morgan fingerprint density at radius 1 is 1.56 bits per heavy atom. The van der Waals surface area contributed by atoms with Crippen molar-refractivity contribution in [2.45, 2.75) is 20.0 Å². The van der Waals surface area contributed by atoms with Crippen LogP contribution in [0.3, 0.4) is 0 Å². The fraction of sp³-hybridized carbons (Fsp3) is 0.333. The Hall–Kier alpha value is -2.00. The molecule has 0 unspecified atom stereocenters. The Balaban J connectivity index is 3.37. The minimum atomic E-state index is -2.90. The number of rotatable bonds is 4. The van der Waals surface area contributed by atoms with Gasteiger partial charge in [0.05, 0.1) is 24.3 Å². The summed E-state index contributed by atoms with van der Waals surface area (Å²) < 4.78 is 30.2. The van der Waals surface area contributed by atoms with E-state index < -0.39 is 24.6 Å². The number of esters is 1. The van der Waals surface area contributed by atoms with Crippen LogP contribution in [0.25, 0.3) is 0 Å². The number of alkyl halides is 2. The summed E-state index contributed by atoms with van der Waals surface area (Å²) in [5.41, 5.74) is -0.999. The number of benzene rings is 1. The number of nitriles is 1. The normalized spacial score (nSPS) is 10.2. The van der Waals surface area contributed by atoms with Crippen molar-refractivity contribution in [3.05, 3.63) is 34.4 Å². The van der Waals surface area contributed by atoms with Gasteiger partial charge in [0.25, 0.3) is 6.43 Å². The van der Waals surface area contributed by atoms with Crippen LogP contribution in [0.2, 0.25) is 0 Å². The van der Waals surface area contributed by atoms with E-state index in [4.69, 9.17) is 10.4 Å². The number of nitrogens with zero attached hydrogens (tertiary/aromatic N) is 1. The highest BCUT2D eigenvalue weighted by Crippen LogP contribution is 2.27. The second-order valence-corrected chi connectivity index (χ2v) is 3.39. The molecule has 1 rings (SSSR count). The van der Waals surface area contributed by atoms with Crippen molar-refractivity contribution < 1.29 is 23.4 Å². The van der Waals surface area contributed by atoms with E-state index in [2.05, 4.69) is 4.74 Å². The molecule has 1 aromatic rings. The molecule has 0 saturated carbocycles. The first-order valence-electron chi connectivity index (χ1n) is 5.18. The molecule has 0 aromatic heterocycles. The van der Waals surface area contributed by atoms with E-state index in [-0.39, 0.29) is 23.3 Å². The molecule has 1 aromatic carbocycles. The molecular formula is C12H11F2NO3. The first kappa shape index (κ1) is 14.1. The van der Waals surface area contributed by atoms with Crippen molar-refractivity contribution in [3.63, 3.8) is 0 Å². The lowest BCUT2D eigenvalue weighted by atomic mass is 9.99. The summed E-state index contributed by atoms with van der Waals surface area (Å²) in [4.78, 5) is 11.5. The first-order chi connectivity index (χ1) is 8.54. The molecule has 0 saturated heterocycles. The minimum Gasteiger partial charge on any atom is -0.462 e. The van der Waals surface area contributed by atoms with Gasteiger partial charge in [0.1, 0.15) is 6.07 Å². The summed E-state index contributed by atoms with van der Waals surface area (Å²) in [6.45, 7) is 1.09. The first-order valence-corrected chi connectivity index (χ1v) is 5.18. The zero-order valence-corrected chi connectivity index (χ0v) is 9.61. The summed E-state index contributed by atoms with van der Waals surface area (Å²) >= 11 is 0. The van der Waals surface area contributed by atoms with Gasteiger partial charge in [-0.2, -0.15) is 5.26 Å². The molecule has 0 aliphatic rings. The molecule has 0 spiro atoms. The van der Waals surface area contributed by atoms with E-state index in [1.54, 1.807) is 13.0 Å². The quantitative estimate of drug-likeness (QED) is 0.837. The van der Waals surface area contributed by atoms with Crippen LogP contribution in [0.5, 0.6) is 0 Å². The minimum absolute atomic E-state index is 0.0154. The van der Waals surface area contributed by atoms with Gasteiger partial charge in [0.15, 0.2) is 0 Å². The van der Waals surface area contributed by atoms with Crippen molar-refractivity contribution in [3.8, 4) is 6.07 Å². The molecule has 0 bridgehead atoms. The number of carbonyl (C=O) groups is 1. The number of halogens is 2. The molecule has 0 aliphatic carbocycles. The third-order valence-electron chi connectivity index (χ3n) is 2.28. The van der Waals surface area contributed by atoms with Gasteiger partial charge in [-0.15, -0.1) is 0 Å². The summed E-state index contributed by atoms with van der Waals surface area (Å²) in [6, 6.07) is 3.70. The molecule has 0 fully saturated rings.